The lowest BCUT2D eigenvalue weighted by Gasteiger charge is -2.11. The van der Waals surface area contributed by atoms with E-state index in [1.807, 2.05) is 6.08 Å². The first-order valence-corrected chi connectivity index (χ1v) is 3.54. The number of rotatable bonds is 3. The minimum absolute atomic E-state index is 0.493. The molecule has 0 bridgehead atoms. The molecule has 8 heavy (non-hydrogen) atoms. The summed E-state index contributed by atoms with van der Waals surface area (Å²) in [7, 11) is 0. The van der Waals surface area contributed by atoms with Gasteiger partial charge in [-0.25, -0.2) is 0 Å². The Bertz CT molecular complexity index is 68.8. The predicted octanol–water partition coefficient (Wildman–Crippen LogP) is 2.52. The highest BCUT2D eigenvalue weighted by Gasteiger charge is 2.04. The number of allylic oxidation sites excluding steroid dienone is 1. The predicted molar refractivity (Wildman–Crippen MR) is 42.4 cm³/mol. The van der Waals surface area contributed by atoms with Crippen molar-refractivity contribution in [2.24, 2.45) is 5.92 Å². The number of hydrogen-bond donors (Lipinski definition) is 1. The Hall–Kier alpha value is 0.0900. The average molecular weight is 130 g/mol. The zero-order valence-electron chi connectivity index (χ0n) is 5.59. The molecular weight excluding hydrogens is 116 g/mol. The quantitative estimate of drug-likeness (QED) is 0.440. The standard InChI is InChI=1S/C7H14S/c1-4-6(3)7(8)5-2/h4,6-8H,1,5H2,2-3H3. The van der Waals surface area contributed by atoms with Gasteiger partial charge in [-0.15, -0.1) is 6.58 Å². The molecule has 2 atom stereocenters. The maximum atomic E-state index is 4.33. The molecule has 0 spiro atoms. The fourth-order valence-corrected chi connectivity index (χ4v) is 0.651. The van der Waals surface area contributed by atoms with Gasteiger partial charge < -0.3 is 0 Å². The Labute approximate surface area is 57.4 Å². The summed E-state index contributed by atoms with van der Waals surface area (Å²) in [4.78, 5) is 0. The summed E-state index contributed by atoms with van der Waals surface area (Å²) in [5, 5.41) is 0.493. The smallest absolute Gasteiger partial charge is 0.00742 e. The van der Waals surface area contributed by atoms with E-state index in [1.54, 1.807) is 0 Å². The van der Waals surface area contributed by atoms with E-state index in [0.717, 1.165) is 6.42 Å². The molecule has 0 N–H and O–H groups in total. The lowest BCUT2D eigenvalue weighted by atomic mass is 10.1. The molecule has 0 radical (unpaired) electrons. The van der Waals surface area contributed by atoms with Gasteiger partial charge in [-0.2, -0.15) is 12.6 Å². The second-order valence-electron chi connectivity index (χ2n) is 2.07. The molecule has 2 unspecified atom stereocenters. The van der Waals surface area contributed by atoms with Crippen molar-refractivity contribution in [3.63, 3.8) is 0 Å². The first-order chi connectivity index (χ1) is 3.72. The SMILES string of the molecule is C=CC(C)C(S)CC. The zero-order chi connectivity index (χ0) is 6.57. The van der Waals surface area contributed by atoms with Crippen LogP contribution in [-0.2, 0) is 0 Å². The molecule has 0 fully saturated rings. The van der Waals surface area contributed by atoms with E-state index in [2.05, 4.69) is 33.1 Å². The van der Waals surface area contributed by atoms with Gasteiger partial charge in [0.1, 0.15) is 0 Å². The topological polar surface area (TPSA) is 0 Å². The molecule has 0 heterocycles. The highest BCUT2D eigenvalue weighted by atomic mass is 32.1. The van der Waals surface area contributed by atoms with Crippen molar-refractivity contribution < 1.29 is 0 Å². The van der Waals surface area contributed by atoms with Crippen LogP contribution in [0.25, 0.3) is 0 Å². The lowest BCUT2D eigenvalue weighted by Crippen LogP contribution is -2.06. The highest BCUT2D eigenvalue weighted by molar-refractivity contribution is 7.81. The lowest BCUT2D eigenvalue weighted by molar-refractivity contribution is 0.659. The van der Waals surface area contributed by atoms with E-state index in [0.29, 0.717) is 11.2 Å². The van der Waals surface area contributed by atoms with Crippen molar-refractivity contribution in [1.82, 2.24) is 0 Å². The van der Waals surface area contributed by atoms with E-state index in [4.69, 9.17) is 0 Å². The Morgan fingerprint density at radius 1 is 1.75 bits per heavy atom. The molecular formula is C7H14S. The van der Waals surface area contributed by atoms with Gasteiger partial charge >= 0.3 is 0 Å². The summed E-state index contributed by atoms with van der Waals surface area (Å²) in [5.41, 5.74) is 0. The molecule has 0 saturated carbocycles. The van der Waals surface area contributed by atoms with Gasteiger partial charge in [0.15, 0.2) is 0 Å². The molecule has 0 aromatic carbocycles. The Kier molecular flexibility index (Phi) is 4.06. The summed E-state index contributed by atoms with van der Waals surface area (Å²) in [6.45, 7) is 7.95. The van der Waals surface area contributed by atoms with E-state index in [-0.39, 0.29) is 0 Å². The first-order valence-electron chi connectivity index (χ1n) is 3.03. The third kappa shape index (κ3) is 2.41. The van der Waals surface area contributed by atoms with Gasteiger partial charge in [0.05, 0.1) is 0 Å². The third-order valence-electron chi connectivity index (χ3n) is 1.40. The van der Waals surface area contributed by atoms with Crippen LogP contribution in [0.15, 0.2) is 12.7 Å². The van der Waals surface area contributed by atoms with Crippen LogP contribution in [-0.4, -0.2) is 5.25 Å². The van der Waals surface area contributed by atoms with Crippen LogP contribution < -0.4 is 0 Å². The van der Waals surface area contributed by atoms with Crippen molar-refractivity contribution in [1.29, 1.82) is 0 Å². The second kappa shape index (κ2) is 4.02. The molecule has 0 saturated heterocycles. The molecule has 0 amide bonds. The Balaban J connectivity index is 3.44. The summed E-state index contributed by atoms with van der Waals surface area (Å²) in [6.07, 6.45) is 3.07. The molecule has 0 aromatic rings. The van der Waals surface area contributed by atoms with Gasteiger partial charge in [0.2, 0.25) is 0 Å². The maximum absolute atomic E-state index is 4.33. The Morgan fingerprint density at radius 3 is 2.38 bits per heavy atom. The number of hydrogen-bond acceptors (Lipinski definition) is 1. The largest absolute Gasteiger partial charge is 0.175 e. The molecule has 1 heteroatoms. The summed E-state index contributed by atoms with van der Waals surface area (Å²) in [6, 6.07) is 0. The number of thiol groups is 1. The van der Waals surface area contributed by atoms with Gasteiger partial charge in [-0.05, 0) is 12.3 Å². The maximum Gasteiger partial charge on any atom is 0.00742 e. The fraction of sp³-hybridized carbons (Fsp3) is 0.714. The Morgan fingerprint density at radius 2 is 2.25 bits per heavy atom. The van der Waals surface area contributed by atoms with E-state index in [9.17, 15) is 0 Å². The minimum Gasteiger partial charge on any atom is -0.175 e. The van der Waals surface area contributed by atoms with E-state index < -0.39 is 0 Å². The molecule has 0 rings (SSSR count). The van der Waals surface area contributed by atoms with E-state index >= 15 is 0 Å². The average Bonchev–Trinajstić information content (AvgIpc) is 1.84. The molecule has 0 aliphatic rings. The van der Waals surface area contributed by atoms with Crippen molar-refractivity contribution >= 4 is 12.6 Å². The van der Waals surface area contributed by atoms with Crippen LogP contribution in [0, 0.1) is 5.92 Å². The molecule has 0 aromatic heterocycles. The second-order valence-corrected chi connectivity index (χ2v) is 2.73. The van der Waals surface area contributed by atoms with Crippen molar-refractivity contribution in [2.75, 3.05) is 0 Å². The van der Waals surface area contributed by atoms with Gasteiger partial charge in [0.25, 0.3) is 0 Å². The molecule has 0 nitrogen and oxygen atoms in total. The van der Waals surface area contributed by atoms with Gasteiger partial charge in [-0.3, -0.25) is 0 Å². The minimum atomic E-state index is 0.493. The van der Waals surface area contributed by atoms with Crippen LogP contribution in [0.4, 0.5) is 0 Å². The van der Waals surface area contributed by atoms with Crippen LogP contribution in [0.1, 0.15) is 20.3 Å². The van der Waals surface area contributed by atoms with Crippen LogP contribution >= 0.6 is 12.6 Å². The molecule has 0 aliphatic heterocycles. The monoisotopic (exact) mass is 130 g/mol. The van der Waals surface area contributed by atoms with Crippen LogP contribution in [0.2, 0.25) is 0 Å². The van der Waals surface area contributed by atoms with Crippen molar-refractivity contribution in [3.05, 3.63) is 12.7 Å². The summed E-state index contributed by atoms with van der Waals surface area (Å²) in [5.74, 6) is 0.545. The van der Waals surface area contributed by atoms with E-state index in [1.165, 1.54) is 0 Å². The van der Waals surface area contributed by atoms with Crippen molar-refractivity contribution in [2.45, 2.75) is 25.5 Å². The van der Waals surface area contributed by atoms with Gasteiger partial charge in [-0.1, -0.05) is 19.9 Å². The summed E-state index contributed by atoms with van der Waals surface area (Å²) >= 11 is 4.33. The third-order valence-corrected chi connectivity index (χ3v) is 2.23. The summed E-state index contributed by atoms with van der Waals surface area (Å²) < 4.78 is 0. The van der Waals surface area contributed by atoms with Gasteiger partial charge in [0, 0.05) is 5.25 Å². The fourth-order valence-electron chi connectivity index (χ4n) is 0.529. The van der Waals surface area contributed by atoms with Crippen molar-refractivity contribution in [3.8, 4) is 0 Å². The first kappa shape index (κ1) is 8.09. The highest BCUT2D eigenvalue weighted by Crippen LogP contribution is 2.13. The molecule has 0 aliphatic carbocycles. The zero-order valence-corrected chi connectivity index (χ0v) is 6.49. The van der Waals surface area contributed by atoms with Crippen LogP contribution in [0.3, 0.4) is 0 Å². The molecule has 48 valence electrons. The van der Waals surface area contributed by atoms with Crippen LogP contribution in [0.5, 0.6) is 0 Å². The normalized spacial score (nSPS) is 17.4.